The molecule has 0 saturated carbocycles. The zero-order valence-corrected chi connectivity index (χ0v) is 13.1. The Kier molecular flexibility index (Phi) is 6.13. The number of anilines is 1. The number of carbonyl (C=O) groups is 1. The maximum absolute atomic E-state index is 12.7. The maximum atomic E-state index is 12.7. The van der Waals surface area contributed by atoms with Crippen molar-refractivity contribution in [2.75, 3.05) is 5.32 Å². The van der Waals surface area contributed by atoms with E-state index < -0.39 is 17.6 Å². The number of carbonyl (C=O) groups excluding carboxylic acids is 1. The van der Waals surface area contributed by atoms with Gasteiger partial charge in [0.05, 0.1) is 5.56 Å². The molecule has 2 aromatic carbocycles. The van der Waals surface area contributed by atoms with Crippen LogP contribution in [0.25, 0.3) is 10.8 Å². The van der Waals surface area contributed by atoms with Crippen LogP contribution in [0.1, 0.15) is 15.9 Å². The summed E-state index contributed by atoms with van der Waals surface area (Å²) in [5.74, 6) is -0.974. The molecule has 130 valence electrons. The van der Waals surface area contributed by atoms with E-state index >= 15 is 0 Å². The molecule has 3 aromatic rings. The number of aromatic hydroxyl groups is 1. The predicted molar refractivity (Wildman–Crippen MR) is 92.8 cm³/mol. The number of aromatic nitrogens is 2. The van der Waals surface area contributed by atoms with Crippen molar-refractivity contribution >= 4 is 63.5 Å². The molecule has 10 heteroatoms. The van der Waals surface area contributed by atoms with Gasteiger partial charge in [0.15, 0.2) is 5.15 Å². The monoisotopic (exact) mass is 391 g/mol. The SMILES string of the molecule is O=C(Nc1cccc(C(F)(F)F)c1)c1ccc2c(O)nnc(Cl)c2c1.[NaH]. The number of amides is 1. The third-order valence-electron chi connectivity index (χ3n) is 3.43. The summed E-state index contributed by atoms with van der Waals surface area (Å²) in [6, 6.07) is 8.47. The summed E-state index contributed by atoms with van der Waals surface area (Å²) in [5.41, 5.74) is -0.729. The van der Waals surface area contributed by atoms with E-state index in [9.17, 15) is 23.1 Å². The van der Waals surface area contributed by atoms with E-state index in [1.807, 2.05) is 0 Å². The Morgan fingerprint density at radius 1 is 1.08 bits per heavy atom. The number of nitrogens with one attached hydrogen (secondary N) is 1. The Bertz CT molecular complexity index is 983. The second-order valence-corrected chi connectivity index (χ2v) is 5.47. The average molecular weight is 392 g/mol. The third-order valence-corrected chi connectivity index (χ3v) is 3.70. The number of halogens is 4. The fraction of sp³-hybridized carbons (Fsp3) is 0.0625. The van der Waals surface area contributed by atoms with Crippen molar-refractivity contribution in [1.29, 1.82) is 0 Å². The summed E-state index contributed by atoms with van der Waals surface area (Å²) < 4.78 is 38.2. The molecule has 1 amide bonds. The molecule has 0 aliphatic carbocycles. The summed E-state index contributed by atoms with van der Waals surface area (Å²) in [6.45, 7) is 0. The van der Waals surface area contributed by atoms with Crippen molar-refractivity contribution in [3.8, 4) is 5.88 Å². The number of benzene rings is 2. The minimum atomic E-state index is -4.51. The van der Waals surface area contributed by atoms with Crippen LogP contribution in [0.5, 0.6) is 5.88 Å². The van der Waals surface area contributed by atoms with Gasteiger partial charge in [-0.1, -0.05) is 17.7 Å². The number of hydrogen-bond acceptors (Lipinski definition) is 4. The van der Waals surface area contributed by atoms with Crippen LogP contribution in [0.2, 0.25) is 5.15 Å². The van der Waals surface area contributed by atoms with E-state index in [4.69, 9.17) is 11.6 Å². The van der Waals surface area contributed by atoms with Crippen molar-refractivity contribution in [3.63, 3.8) is 0 Å². The van der Waals surface area contributed by atoms with Gasteiger partial charge in [-0.3, -0.25) is 4.79 Å². The van der Waals surface area contributed by atoms with Crippen LogP contribution in [-0.4, -0.2) is 50.8 Å². The summed E-state index contributed by atoms with van der Waals surface area (Å²) in [6.07, 6.45) is -4.51. The zero-order chi connectivity index (χ0) is 18.2. The van der Waals surface area contributed by atoms with Gasteiger partial charge >= 0.3 is 35.7 Å². The van der Waals surface area contributed by atoms with Crippen molar-refractivity contribution < 1.29 is 23.1 Å². The second-order valence-electron chi connectivity index (χ2n) is 5.11. The molecule has 0 spiro atoms. The summed E-state index contributed by atoms with van der Waals surface area (Å²) in [5, 5.41) is 19.6. The van der Waals surface area contributed by atoms with Crippen LogP contribution in [-0.2, 0) is 6.18 Å². The van der Waals surface area contributed by atoms with E-state index in [-0.39, 0.29) is 51.8 Å². The molecule has 0 saturated heterocycles. The average Bonchev–Trinajstić information content (AvgIpc) is 2.57. The number of hydrogen-bond donors (Lipinski definition) is 2. The van der Waals surface area contributed by atoms with E-state index in [2.05, 4.69) is 15.5 Å². The van der Waals surface area contributed by atoms with Crippen LogP contribution in [0, 0.1) is 0 Å². The second kappa shape index (κ2) is 7.79. The first-order valence-electron chi connectivity index (χ1n) is 6.89. The van der Waals surface area contributed by atoms with Crippen molar-refractivity contribution in [2.24, 2.45) is 0 Å². The zero-order valence-electron chi connectivity index (χ0n) is 12.3. The van der Waals surface area contributed by atoms with Crippen LogP contribution < -0.4 is 5.32 Å². The van der Waals surface area contributed by atoms with E-state index in [0.717, 1.165) is 12.1 Å². The van der Waals surface area contributed by atoms with Crippen molar-refractivity contribution in [1.82, 2.24) is 10.2 Å². The van der Waals surface area contributed by atoms with Crippen LogP contribution >= 0.6 is 11.6 Å². The molecule has 26 heavy (non-hydrogen) atoms. The first kappa shape index (κ1) is 20.4. The topological polar surface area (TPSA) is 75.1 Å². The van der Waals surface area contributed by atoms with Gasteiger partial charge in [-0.2, -0.15) is 13.2 Å². The molecule has 3 rings (SSSR count). The summed E-state index contributed by atoms with van der Waals surface area (Å²) in [4.78, 5) is 12.3. The molecular weight excluding hydrogens is 382 g/mol. The number of alkyl halides is 3. The molecule has 5 nitrogen and oxygen atoms in total. The van der Waals surface area contributed by atoms with Gasteiger partial charge in [0.1, 0.15) is 0 Å². The molecule has 0 fully saturated rings. The van der Waals surface area contributed by atoms with Gasteiger partial charge in [0.25, 0.3) is 5.91 Å². The standard InChI is InChI=1S/C16H9ClF3N3O2.Na.H/c17-13-12-6-8(4-5-11(12)15(25)23-22-13)14(24)21-10-3-1-2-9(7-10)16(18,19)20;;/h1-7H,(H,21,24)(H,23,25);;. The first-order valence-corrected chi connectivity index (χ1v) is 7.27. The molecule has 0 unspecified atom stereocenters. The van der Waals surface area contributed by atoms with Gasteiger partial charge in [0, 0.05) is 22.0 Å². The quantitative estimate of drug-likeness (QED) is 0.654. The van der Waals surface area contributed by atoms with Gasteiger partial charge in [-0.25, -0.2) is 0 Å². The van der Waals surface area contributed by atoms with Crippen LogP contribution in [0.15, 0.2) is 42.5 Å². The van der Waals surface area contributed by atoms with Gasteiger partial charge in [-0.05, 0) is 36.4 Å². The Balaban J connectivity index is 0.00000243. The number of rotatable bonds is 2. The molecule has 0 aliphatic heterocycles. The van der Waals surface area contributed by atoms with Gasteiger partial charge < -0.3 is 10.4 Å². The van der Waals surface area contributed by atoms with Gasteiger partial charge in [-0.15, -0.1) is 10.2 Å². The van der Waals surface area contributed by atoms with Crippen molar-refractivity contribution in [2.45, 2.75) is 6.18 Å². The Labute approximate surface area is 172 Å². The normalized spacial score (nSPS) is 11.1. The third kappa shape index (κ3) is 4.27. The first-order chi connectivity index (χ1) is 11.8. The molecule has 1 aromatic heterocycles. The Morgan fingerprint density at radius 3 is 2.50 bits per heavy atom. The molecule has 0 radical (unpaired) electrons. The molecule has 0 bridgehead atoms. The Morgan fingerprint density at radius 2 is 1.81 bits per heavy atom. The molecular formula is C16H10ClF3N3NaO2. The fourth-order valence-electron chi connectivity index (χ4n) is 2.23. The Hall–Kier alpha value is -1.87. The molecule has 0 atom stereocenters. The van der Waals surface area contributed by atoms with Crippen LogP contribution in [0.3, 0.4) is 0 Å². The number of nitrogens with zero attached hydrogens (tertiary/aromatic N) is 2. The molecule has 0 aliphatic rings. The molecule has 2 N–H and O–H groups in total. The minimum absolute atomic E-state index is 0. The van der Waals surface area contributed by atoms with E-state index in [1.165, 1.54) is 30.3 Å². The summed E-state index contributed by atoms with van der Waals surface area (Å²) in [7, 11) is 0. The number of fused-ring (bicyclic) bond motifs is 1. The van der Waals surface area contributed by atoms with E-state index in [1.54, 1.807) is 0 Å². The molecule has 1 heterocycles. The van der Waals surface area contributed by atoms with Crippen molar-refractivity contribution in [3.05, 3.63) is 58.7 Å². The van der Waals surface area contributed by atoms with Crippen LogP contribution in [0.4, 0.5) is 18.9 Å². The van der Waals surface area contributed by atoms with Gasteiger partial charge in [0.2, 0.25) is 5.88 Å². The fourth-order valence-corrected chi connectivity index (χ4v) is 2.42. The summed E-state index contributed by atoms with van der Waals surface area (Å²) >= 11 is 5.90. The van der Waals surface area contributed by atoms with E-state index in [0.29, 0.717) is 10.8 Å². The predicted octanol–water partition coefficient (Wildman–Crippen LogP) is 3.61.